The van der Waals surface area contributed by atoms with Crippen molar-refractivity contribution in [1.82, 2.24) is 4.90 Å². The molecule has 0 aromatic heterocycles. The van der Waals surface area contributed by atoms with Gasteiger partial charge in [0.25, 0.3) is 15.0 Å². The molecule has 114 valence electrons. The molecule has 7 heteroatoms. The van der Waals surface area contributed by atoms with Crippen molar-refractivity contribution in [3.63, 3.8) is 0 Å². The molecule has 2 aliphatic carbocycles. The highest BCUT2D eigenvalue weighted by atomic mass is 35.7. The predicted octanol–water partition coefficient (Wildman–Crippen LogP) is 2.77. The molecular formula is C14H15ClFNO3S. The average molecular weight is 332 g/mol. The van der Waals surface area contributed by atoms with Crippen molar-refractivity contribution in [3.05, 3.63) is 29.6 Å². The summed E-state index contributed by atoms with van der Waals surface area (Å²) in [6, 6.07) is 3.24. The van der Waals surface area contributed by atoms with E-state index in [4.69, 9.17) is 10.7 Å². The van der Waals surface area contributed by atoms with Crippen LogP contribution >= 0.6 is 10.7 Å². The molecule has 1 aromatic rings. The first-order valence-electron chi connectivity index (χ1n) is 6.91. The van der Waals surface area contributed by atoms with Gasteiger partial charge in [-0.15, -0.1) is 0 Å². The summed E-state index contributed by atoms with van der Waals surface area (Å²) in [6.45, 7) is 0.670. The largest absolute Gasteiger partial charge is 0.335 e. The maximum absolute atomic E-state index is 13.6. The molecule has 0 unspecified atom stereocenters. The third kappa shape index (κ3) is 3.55. The summed E-state index contributed by atoms with van der Waals surface area (Å²) in [5, 5.41) is 0. The number of rotatable bonds is 5. The van der Waals surface area contributed by atoms with Crippen molar-refractivity contribution in [2.24, 2.45) is 5.92 Å². The molecule has 0 atom stereocenters. The number of nitrogens with zero attached hydrogens (tertiary/aromatic N) is 1. The minimum absolute atomic E-state index is 0.0433. The number of hydrogen-bond donors (Lipinski definition) is 0. The van der Waals surface area contributed by atoms with Crippen molar-refractivity contribution in [1.29, 1.82) is 0 Å². The molecular weight excluding hydrogens is 317 g/mol. The van der Waals surface area contributed by atoms with Gasteiger partial charge in [0, 0.05) is 28.8 Å². The minimum atomic E-state index is -4.06. The SMILES string of the molecule is O=C(c1cc(F)cc(S(=O)(=O)Cl)c1)N(CC1CC1)C1CC1. The summed E-state index contributed by atoms with van der Waals surface area (Å²) in [7, 11) is 1.18. The molecule has 0 N–H and O–H groups in total. The van der Waals surface area contributed by atoms with E-state index in [0.29, 0.717) is 12.5 Å². The van der Waals surface area contributed by atoms with Gasteiger partial charge in [-0.3, -0.25) is 4.79 Å². The number of hydrogen-bond acceptors (Lipinski definition) is 3. The van der Waals surface area contributed by atoms with E-state index in [2.05, 4.69) is 0 Å². The number of carbonyl (C=O) groups is 1. The molecule has 2 fully saturated rings. The summed E-state index contributed by atoms with van der Waals surface area (Å²) in [4.78, 5) is 13.9. The van der Waals surface area contributed by atoms with E-state index < -0.39 is 14.9 Å². The fourth-order valence-electron chi connectivity index (χ4n) is 2.36. The molecule has 2 saturated carbocycles. The number of halogens is 2. The summed E-state index contributed by atoms with van der Waals surface area (Å²) >= 11 is 0. The normalized spacial score (nSPS) is 18.6. The van der Waals surface area contributed by atoms with Crippen LogP contribution in [0, 0.1) is 11.7 Å². The lowest BCUT2D eigenvalue weighted by Crippen LogP contribution is -2.35. The molecule has 0 saturated heterocycles. The van der Waals surface area contributed by atoms with Crippen LogP contribution in [0.2, 0.25) is 0 Å². The van der Waals surface area contributed by atoms with E-state index in [1.165, 1.54) is 0 Å². The van der Waals surface area contributed by atoms with Gasteiger partial charge >= 0.3 is 0 Å². The van der Waals surface area contributed by atoms with Crippen LogP contribution in [-0.2, 0) is 9.05 Å². The maximum atomic E-state index is 13.6. The Hall–Kier alpha value is -1.14. The molecule has 21 heavy (non-hydrogen) atoms. The van der Waals surface area contributed by atoms with Gasteiger partial charge in [-0.1, -0.05) is 0 Å². The van der Waals surface area contributed by atoms with Crippen LogP contribution in [0.25, 0.3) is 0 Å². The zero-order valence-electron chi connectivity index (χ0n) is 11.3. The van der Waals surface area contributed by atoms with E-state index >= 15 is 0 Å². The van der Waals surface area contributed by atoms with Gasteiger partial charge in [0.05, 0.1) is 4.90 Å². The second kappa shape index (κ2) is 5.25. The molecule has 0 heterocycles. The standard InChI is InChI=1S/C14H15ClFNO3S/c15-21(19,20)13-6-10(5-11(16)7-13)14(18)17(12-3-4-12)8-9-1-2-9/h5-7,9,12H,1-4,8H2. The first-order chi connectivity index (χ1) is 9.84. The molecule has 1 amide bonds. The highest BCUT2D eigenvalue weighted by molar-refractivity contribution is 8.13. The Morgan fingerprint density at radius 2 is 1.90 bits per heavy atom. The van der Waals surface area contributed by atoms with Crippen LogP contribution in [0.3, 0.4) is 0 Å². The second-order valence-corrected chi connectivity index (χ2v) is 8.31. The molecule has 0 aliphatic heterocycles. The molecule has 0 bridgehead atoms. The second-order valence-electron chi connectivity index (χ2n) is 5.75. The number of carbonyl (C=O) groups excluding carboxylic acids is 1. The van der Waals surface area contributed by atoms with Gasteiger partial charge in [-0.2, -0.15) is 0 Å². The third-order valence-corrected chi connectivity index (χ3v) is 5.13. The fourth-order valence-corrected chi connectivity index (χ4v) is 3.14. The van der Waals surface area contributed by atoms with Crippen LogP contribution < -0.4 is 0 Å². The molecule has 1 aromatic carbocycles. The lowest BCUT2D eigenvalue weighted by atomic mass is 10.2. The molecule has 2 aliphatic rings. The van der Waals surface area contributed by atoms with E-state index in [0.717, 1.165) is 43.9 Å². The summed E-state index contributed by atoms with van der Waals surface area (Å²) < 4.78 is 36.3. The van der Waals surface area contributed by atoms with Crippen molar-refractivity contribution in [2.45, 2.75) is 36.6 Å². The summed E-state index contributed by atoms with van der Waals surface area (Å²) in [6.07, 6.45) is 4.13. The Labute approximate surface area is 127 Å². The van der Waals surface area contributed by atoms with Gasteiger partial charge in [0.1, 0.15) is 5.82 Å². The first kappa shape index (κ1) is 14.8. The van der Waals surface area contributed by atoms with Crippen LogP contribution in [0.1, 0.15) is 36.0 Å². The fraction of sp³-hybridized carbons (Fsp3) is 0.500. The summed E-state index contributed by atoms with van der Waals surface area (Å²) in [5.41, 5.74) is 0.0433. The smallest absolute Gasteiger partial charge is 0.261 e. The molecule has 0 spiro atoms. The monoisotopic (exact) mass is 331 g/mol. The van der Waals surface area contributed by atoms with E-state index in [1.807, 2.05) is 0 Å². The van der Waals surface area contributed by atoms with Gasteiger partial charge in [0.2, 0.25) is 0 Å². The number of amides is 1. The number of benzene rings is 1. The Kier molecular flexibility index (Phi) is 3.69. The maximum Gasteiger partial charge on any atom is 0.261 e. The molecule has 3 rings (SSSR count). The summed E-state index contributed by atoms with van der Waals surface area (Å²) in [5.74, 6) is -0.563. The Morgan fingerprint density at radius 3 is 2.43 bits per heavy atom. The van der Waals surface area contributed by atoms with Crippen molar-refractivity contribution < 1.29 is 17.6 Å². The Morgan fingerprint density at radius 1 is 1.24 bits per heavy atom. The highest BCUT2D eigenvalue weighted by Crippen LogP contribution is 2.35. The average Bonchev–Trinajstić information content (AvgIpc) is 3.24. The topological polar surface area (TPSA) is 54.5 Å². The Balaban J connectivity index is 1.90. The van der Waals surface area contributed by atoms with Gasteiger partial charge in [-0.05, 0) is 49.8 Å². The van der Waals surface area contributed by atoms with Crippen LogP contribution in [-0.4, -0.2) is 31.8 Å². The highest BCUT2D eigenvalue weighted by Gasteiger charge is 2.37. The molecule has 0 radical (unpaired) electrons. The van der Waals surface area contributed by atoms with Crippen LogP contribution in [0.15, 0.2) is 23.1 Å². The van der Waals surface area contributed by atoms with Crippen molar-refractivity contribution >= 4 is 25.6 Å². The quantitative estimate of drug-likeness (QED) is 0.780. The lowest BCUT2D eigenvalue weighted by molar-refractivity contribution is 0.0734. The van der Waals surface area contributed by atoms with E-state index in [9.17, 15) is 17.6 Å². The van der Waals surface area contributed by atoms with E-state index in [-0.39, 0.29) is 22.4 Å². The predicted molar refractivity (Wildman–Crippen MR) is 76.2 cm³/mol. The van der Waals surface area contributed by atoms with Gasteiger partial charge in [0.15, 0.2) is 0 Å². The zero-order valence-corrected chi connectivity index (χ0v) is 12.8. The van der Waals surface area contributed by atoms with Crippen LogP contribution in [0.5, 0.6) is 0 Å². The van der Waals surface area contributed by atoms with Gasteiger partial charge < -0.3 is 4.90 Å². The Bertz CT molecular complexity index is 683. The minimum Gasteiger partial charge on any atom is -0.335 e. The molecule has 4 nitrogen and oxygen atoms in total. The van der Waals surface area contributed by atoms with Gasteiger partial charge in [-0.25, -0.2) is 12.8 Å². The van der Waals surface area contributed by atoms with Crippen LogP contribution in [0.4, 0.5) is 4.39 Å². The third-order valence-electron chi connectivity index (χ3n) is 3.80. The van der Waals surface area contributed by atoms with Crippen molar-refractivity contribution in [2.75, 3.05) is 6.54 Å². The lowest BCUT2D eigenvalue weighted by Gasteiger charge is -2.22. The van der Waals surface area contributed by atoms with Crippen molar-refractivity contribution in [3.8, 4) is 0 Å². The van der Waals surface area contributed by atoms with E-state index in [1.54, 1.807) is 4.90 Å². The first-order valence-corrected chi connectivity index (χ1v) is 9.22. The zero-order chi connectivity index (χ0) is 15.2.